The van der Waals surface area contributed by atoms with Crippen LogP contribution in [0.1, 0.15) is 18.2 Å². The zero-order valence-electron chi connectivity index (χ0n) is 11.3. The lowest BCUT2D eigenvalue weighted by Gasteiger charge is -2.20. The van der Waals surface area contributed by atoms with E-state index in [0.717, 1.165) is 5.56 Å². The quantitative estimate of drug-likeness (QED) is 0.802. The van der Waals surface area contributed by atoms with E-state index in [2.05, 4.69) is 9.68 Å². The van der Waals surface area contributed by atoms with Crippen molar-refractivity contribution >= 4 is 33.2 Å². The summed E-state index contributed by atoms with van der Waals surface area (Å²) in [6.07, 6.45) is 1.35. The zero-order valence-corrected chi connectivity index (χ0v) is 13.6. The minimum Gasteiger partial charge on any atom is -0.364 e. The molecule has 0 radical (unpaired) electrons. The molecule has 2 aromatic rings. The summed E-state index contributed by atoms with van der Waals surface area (Å²) in [6.45, 7) is 2.35. The van der Waals surface area contributed by atoms with Crippen molar-refractivity contribution in [1.82, 2.24) is 9.46 Å². The van der Waals surface area contributed by atoms with Crippen LogP contribution in [0.25, 0.3) is 0 Å². The molecule has 21 heavy (non-hydrogen) atoms. The molecule has 5 nitrogen and oxygen atoms in total. The summed E-state index contributed by atoms with van der Waals surface area (Å²) in [6, 6.07) is 6.60. The molecule has 114 valence electrons. The van der Waals surface area contributed by atoms with Crippen LogP contribution in [-0.4, -0.2) is 24.4 Å². The van der Waals surface area contributed by atoms with Gasteiger partial charge in [0, 0.05) is 19.2 Å². The summed E-state index contributed by atoms with van der Waals surface area (Å²) >= 11 is 11.8. The van der Waals surface area contributed by atoms with Crippen molar-refractivity contribution in [2.24, 2.45) is 0 Å². The second-order valence-corrected chi connectivity index (χ2v) is 7.20. The second kappa shape index (κ2) is 6.79. The minimum absolute atomic E-state index is 0.196. The Hall–Kier alpha value is -1.08. The number of nitrogens with zero attached hydrogens (tertiary/aromatic N) is 2. The van der Waals surface area contributed by atoms with Gasteiger partial charge in [-0.15, -0.1) is 0 Å². The van der Waals surface area contributed by atoms with Crippen molar-refractivity contribution in [2.45, 2.75) is 19.2 Å². The fourth-order valence-corrected chi connectivity index (χ4v) is 3.60. The Balaban J connectivity index is 2.16. The molecule has 2 rings (SSSR count). The van der Waals surface area contributed by atoms with E-state index in [0.29, 0.717) is 22.3 Å². The van der Waals surface area contributed by atoms with Gasteiger partial charge in [-0.1, -0.05) is 41.3 Å². The average molecular weight is 349 g/mol. The molecule has 0 saturated carbocycles. The predicted molar refractivity (Wildman–Crippen MR) is 81.7 cm³/mol. The number of hydrogen-bond donors (Lipinski definition) is 0. The number of halogens is 2. The normalized spacial score (nSPS) is 12.0. The average Bonchev–Trinajstić information content (AvgIpc) is 2.91. The number of rotatable bonds is 6. The lowest BCUT2D eigenvalue weighted by atomic mass is 10.2. The summed E-state index contributed by atoms with van der Waals surface area (Å²) in [4.78, 5) is 0. The number of sulfonamides is 1. The Bertz CT molecular complexity index is 702. The van der Waals surface area contributed by atoms with Gasteiger partial charge in [0.25, 0.3) is 0 Å². The fourth-order valence-electron chi connectivity index (χ4n) is 1.84. The van der Waals surface area contributed by atoms with Crippen LogP contribution >= 0.6 is 23.2 Å². The summed E-state index contributed by atoms with van der Waals surface area (Å²) in [5.41, 5.74) is 1.15. The van der Waals surface area contributed by atoms with Crippen LogP contribution in [0.4, 0.5) is 0 Å². The molecule has 1 heterocycles. The van der Waals surface area contributed by atoms with E-state index < -0.39 is 10.0 Å². The lowest BCUT2D eigenvalue weighted by molar-refractivity contribution is 0.406. The fraction of sp³-hybridized carbons (Fsp3) is 0.308. The van der Waals surface area contributed by atoms with Crippen LogP contribution < -0.4 is 0 Å². The van der Waals surface area contributed by atoms with Gasteiger partial charge in [0.1, 0.15) is 12.0 Å². The molecule has 0 bridgehead atoms. The van der Waals surface area contributed by atoms with Gasteiger partial charge in [-0.3, -0.25) is 0 Å². The van der Waals surface area contributed by atoms with Crippen LogP contribution in [0.2, 0.25) is 10.0 Å². The van der Waals surface area contributed by atoms with Crippen LogP contribution in [-0.2, 0) is 22.3 Å². The largest absolute Gasteiger partial charge is 0.364 e. The third-order valence-corrected chi connectivity index (χ3v) is 5.48. The first-order valence-corrected chi connectivity index (χ1v) is 8.60. The second-order valence-electron chi connectivity index (χ2n) is 4.42. The van der Waals surface area contributed by atoms with Crippen molar-refractivity contribution in [3.63, 3.8) is 0 Å². The van der Waals surface area contributed by atoms with E-state index in [4.69, 9.17) is 23.2 Å². The van der Waals surface area contributed by atoms with Gasteiger partial charge < -0.3 is 4.52 Å². The van der Waals surface area contributed by atoms with E-state index in [1.54, 1.807) is 25.1 Å². The number of aromatic nitrogens is 1. The van der Waals surface area contributed by atoms with Crippen molar-refractivity contribution < 1.29 is 12.9 Å². The van der Waals surface area contributed by atoms with Gasteiger partial charge in [-0.2, -0.15) is 4.31 Å². The van der Waals surface area contributed by atoms with Gasteiger partial charge in [0.2, 0.25) is 10.0 Å². The van der Waals surface area contributed by atoms with E-state index in [-0.39, 0.29) is 12.3 Å². The smallest absolute Gasteiger partial charge is 0.220 e. The monoisotopic (exact) mass is 348 g/mol. The van der Waals surface area contributed by atoms with E-state index in [1.807, 2.05) is 0 Å². The summed E-state index contributed by atoms with van der Waals surface area (Å²) in [5.74, 6) is -0.196. The SMILES string of the molecule is CCN(Cc1ccc(Cl)c(Cl)c1)S(=O)(=O)Cc1ccon1. The highest BCUT2D eigenvalue weighted by Gasteiger charge is 2.22. The molecule has 1 aromatic heterocycles. The maximum atomic E-state index is 12.4. The van der Waals surface area contributed by atoms with Gasteiger partial charge in [-0.25, -0.2) is 8.42 Å². The van der Waals surface area contributed by atoms with E-state index in [1.165, 1.54) is 16.6 Å². The Labute approximate surface area is 133 Å². The Morgan fingerprint density at radius 2 is 2.00 bits per heavy atom. The molecule has 0 spiro atoms. The van der Waals surface area contributed by atoms with Gasteiger partial charge in [0.05, 0.1) is 15.7 Å². The van der Waals surface area contributed by atoms with Crippen LogP contribution in [0.5, 0.6) is 0 Å². The Morgan fingerprint density at radius 3 is 2.57 bits per heavy atom. The lowest BCUT2D eigenvalue weighted by Crippen LogP contribution is -2.31. The van der Waals surface area contributed by atoms with Gasteiger partial charge in [-0.05, 0) is 17.7 Å². The molecule has 0 aliphatic rings. The molecule has 0 saturated heterocycles. The van der Waals surface area contributed by atoms with Crippen LogP contribution in [0.3, 0.4) is 0 Å². The van der Waals surface area contributed by atoms with Crippen molar-refractivity contribution in [1.29, 1.82) is 0 Å². The van der Waals surface area contributed by atoms with Crippen molar-refractivity contribution in [3.8, 4) is 0 Å². The predicted octanol–water partition coefficient (Wildman–Crippen LogP) is 3.33. The molecular formula is C13H14Cl2N2O3S. The van der Waals surface area contributed by atoms with E-state index >= 15 is 0 Å². The molecule has 1 aromatic carbocycles. The maximum Gasteiger partial charge on any atom is 0.220 e. The first kappa shape index (κ1) is 16.3. The van der Waals surface area contributed by atoms with Crippen molar-refractivity contribution in [2.75, 3.05) is 6.54 Å². The standard InChI is InChI=1S/C13H14Cl2N2O3S/c1-2-17(8-10-3-4-12(14)13(15)7-10)21(18,19)9-11-5-6-20-16-11/h3-7H,2,8-9H2,1H3. The molecule has 0 N–H and O–H groups in total. The molecule has 8 heteroatoms. The molecule has 0 unspecified atom stereocenters. The first-order valence-electron chi connectivity index (χ1n) is 6.23. The molecule has 0 aliphatic heterocycles. The van der Waals surface area contributed by atoms with Gasteiger partial charge >= 0.3 is 0 Å². The Morgan fingerprint density at radius 1 is 1.24 bits per heavy atom. The van der Waals surface area contributed by atoms with Crippen LogP contribution in [0.15, 0.2) is 35.1 Å². The third kappa shape index (κ3) is 4.20. The highest BCUT2D eigenvalue weighted by Crippen LogP contribution is 2.24. The molecule has 0 aliphatic carbocycles. The molecular weight excluding hydrogens is 335 g/mol. The summed E-state index contributed by atoms with van der Waals surface area (Å²) in [7, 11) is -3.48. The maximum absolute atomic E-state index is 12.4. The van der Waals surface area contributed by atoms with Gasteiger partial charge in [0.15, 0.2) is 0 Å². The summed E-state index contributed by atoms with van der Waals surface area (Å²) in [5, 5.41) is 4.47. The Kier molecular flexibility index (Phi) is 5.27. The van der Waals surface area contributed by atoms with Crippen LogP contribution in [0, 0.1) is 0 Å². The molecule has 0 atom stereocenters. The highest BCUT2D eigenvalue weighted by atomic mass is 35.5. The summed E-state index contributed by atoms with van der Waals surface area (Å²) < 4.78 is 30.8. The number of hydrogen-bond acceptors (Lipinski definition) is 4. The molecule has 0 amide bonds. The minimum atomic E-state index is -3.48. The molecule has 0 fully saturated rings. The topological polar surface area (TPSA) is 63.4 Å². The highest BCUT2D eigenvalue weighted by molar-refractivity contribution is 7.88. The third-order valence-electron chi connectivity index (χ3n) is 2.91. The first-order chi connectivity index (χ1) is 9.92. The van der Waals surface area contributed by atoms with E-state index in [9.17, 15) is 8.42 Å². The zero-order chi connectivity index (χ0) is 15.5. The number of benzene rings is 1. The van der Waals surface area contributed by atoms with Crippen molar-refractivity contribution in [3.05, 3.63) is 51.8 Å².